The summed E-state index contributed by atoms with van der Waals surface area (Å²) >= 11 is 0. The maximum Gasteiger partial charge on any atom is 0.254 e. The number of halogens is 4. The van der Waals surface area contributed by atoms with Crippen LogP contribution in [0.15, 0.2) is 6.07 Å². The summed E-state index contributed by atoms with van der Waals surface area (Å²) < 4.78 is 52.4. The number of carbonyl (C=O) groups is 1. The van der Waals surface area contributed by atoms with Crippen LogP contribution in [0, 0.1) is 23.3 Å². The highest BCUT2D eigenvalue weighted by molar-refractivity contribution is 5.95. The molecule has 0 saturated carbocycles. The molecule has 0 aromatic heterocycles. The van der Waals surface area contributed by atoms with Crippen LogP contribution in [-0.2, 0) is 0 Å². The van der Waals surface area contributed by atoms with Gasteiger partial charge in [-0.2, -0.15) is 0 Å². The van der Waals surface area contributed by atoms with E-state index in [1.807, 2.05) is 0 Å². The van der Waals surface area contributed by atoms with Gasteiger partial charge in [0, 0.05) is 0 Å². The summed E-state index contributed by atoms with van der Waals surface area (Å²) in [6, 6.07) is 0.267. The molecule has 2 N–H and O–H groups in total. The van der Waals surface area contributed by atoms with Crippen molar-refractivity contribution in [2.75, 3.05) is 0 Å². The lowest BCUT2D eigenvalue weighted by atomic mass is 9.85. The topological polar surface area (TPSA) is 49.3 Å². The van der Waals surface area contributed by atoms with Gasteiger partial charge in [-0.3, -0.25) is 4.79 Å². The number of aliphatic hydroxyl groups is 1. The number of amides is 1. The molecule has 0 saturated heterocycles. The smallest absolute Gasteiger partial charge is 0.254 e. The summed E-state index contributed by atoms with van der Waals surface area (Å²) in [4.78, 5) is 11.8. The van der Waals surface area contributed by atoms with Gasteiger partial charge in [0.05, 0.1) is 16.7 Å². The van der Waals surface area contributed by atoms with Crippen LogP contribution in [0.3, 0.4) is 0 Å². The van der Waals surface area contributed by atoms with Crippen LogP contribution in [0.1, 0.15) is 38.1 Å². The Morgan fingerprint density at radius 3 is 2.00 bits per heavy atom. The molecule has 1 aromatic rings. The van der Waals surface area contributed by atoms with Crippen LogP contribution in [0.5, 0.6) is 0 Å². The van der Waals surface area contributed by atoms with Gasteiger partial charge in [-0.15, -0.1) is 0 Å². The van der Waals surface area contributed by atoms with Crippen LogP contribution in [0.4, 0.5) is 17.6 Å². The van der Waals surface area contributed by atoms with Gasteiger partial charge in [0.2, 0.25) is 0 Å². The minimum absolute atomic E-state index is 0.267. The largest absolute Gasteiger partial charge is 0.388 e. The molecular formula is C13H15F4NO2. The lowest BCUT2D eigenvalue weighted by Gasteiger charge is -2.38. The van der Waals surface area contributed by atoms with E-state index in [9.17, 15) is 27.5 Å². The van der Waals surface area contributed by atoms with Crippen molar-refractivity contribution in [3.05, 3.63) is 34.9 Å². The molecule has 7 heteroatoms. The molecule has 0 unspecified atom stereocenters. The number of carbonyl (C=O) groups excluding carboxylic acids is 1. The average Bonchev–Trinajstić information content (AvgIpc) is 2.29. The minimum atomic E-state index is -2.06. The number of hydrogen-bond acceptors (Lipinski definition) is 2. The number of benzene rings is 1. The van der Waals surface area contributed by atoms with Gasteiger partial charge in [-0.05, 0) is 33.8 Å². The highest BCUT2D eigenvalue weighted by atomic mass is 19.2. The van der Waals surface area contributed by atoms with Crippen LogP contribution >= 0.6 is 0 Å². The predicted molar refractivity (Wildman–Crippen MR) is 64.1 cm³/mol. The number of hydrogen-bond donors (Lipinski definition) is 2. The predicted octanol–water partition coefficient (Wildman–Crippen LogP) is 2.52. The Morgan fingerprint density at radius 2 is 1.55 bits per heavy atom. The van der Waals surface area contributed by atoms with E-state index in [1.54, 1.807) is 0 Å². The third kappa shape index (κ3) is 2.92. The van der Waals surface area contributed by atoms with Crippen molar-refractivity contribution in [2.45, 2.75) is 38.8 Å². The Kier molecular flexibility index (Phi) is 4.14. The fraction of sp³-hybridized carbons (Fsp3) is 0.462. The lowest BCUT2D eigenvalue weighted by molar-refractivity contribution is -0.00303. The quantitative estimate of drug-likeness (QED) is 0.511. The highest BCUT2D eigenvalue weighted by Gasteiger charge is 2.37. The van der Waals surface area contributed by atoms with Gasteiger partial charge in [0.25, 0.3) is 5.91 Å². The fourth-order valence-electron chi connectivity index (χ4n) is 1.24. The zero-order chi connectivity index (χ0) is 15.9. The van der Waals surface area contributed by atoms with Crippen molar-refractivity contribution >= 4 is 5.91 Å². The Hall–Kier alpha value is -1.63. The average molecular weight is 293 g/mol. The van der Waals surface area contributed by atoms with E-state index in [2.05, 4.69) is 5.32 Å². The second-order valence-corrected chi connectivity index (χ2v) is 5.49. The van der Waals surface area contributed by atoms with Crippen molar-refractivity contribution in [1.29, 1.82) is 0 Å². The first-order chi connectivity index (χ1) is 8.88. The van der Waals surface area contributed by atoms with Crippen LogP contribution in [0.2, 0.25) is 0 Å². The van der Waals surface area contributed by atoms with Gasteiger partial charge >= 0.3 is 0 Å². The standard InChI is InChI=1S/C13H15F4NO2/c1-12(2,13(3,4)20)18-11(19)6-5-7(14)9(16)10(17)8(6)15/h5,20H,1-4H3,(H,18,19). The molecule has 0 bridgehead atoms. The van der Waals surface area contributed by atoms with Crippen LogP contribution in [0.25, 0.3) is 0 Å². The third-order valence-electron chi connectivity index (χ3n) is 3.30. The first kappa shape index (κ1) is 16.4. The molecule has 0 aliphatic rings. The van der Waals surface area contributed by atoms with Gasteiger partial charge in [0.15, 0.2) is 23.3 Å². The maximum absolute atomic E-state index is 13.5. The van der Waals surface area contributed by atoms with Gasteiger partial charge < -0.3 is 10.4 Å². The molecule has 112 valence electrons. The number of rotatable bonds is 3. The van der Waals surface area contributed by atoms with E-state index in [0.717, 1.165) is 0 Å². The molecule has 0 spiro atoms. The number of nitrogens with one attached hydrogen (secondary N) is 1. The molecule has 20 heavy (non-hydrogen) atoms. The zero-order valence-corrected chi connectivity index (χ0v) is 11.4. The highest BCUT2D eigenvalue weighted by Crippen LogP contribution is 2.23. The Morgan fingerprint density at radius 1 is 1.05 bits per heavy atom. The van der Waals surface area contributed by atoms with Crippen molar-refractivity contribution in [2.24, 2.45) is 0 Å². The van der Waals surface area contributed by atoms with E-state index in [-0.39, 0.29) is 6.07 Å². The van der Waals surface area contributed by atoms with E-state index in [0.29, 0.717) is 0 Å². The molecule has 1 aromatic carbocycles. The Bertz CT molecular complexity index is 550. The van der Waals surface area contributed by atoms with E-state index >= 15 is 0 Å². The molecule has 0 fully saturated rings. The summed E-state index contributed by atoms with van der Waals surface area (Å²) in [5.74, 6) is -8.66. The van der Waals surface area contributed by atoms with Crippen molar-refractivity contribution < 1.29 is 27.5 Å². The zero-order valence-electron chi connectivity index (χ0n) is 11.4. The Labute approximate surface area is 113 Å². The molecule has 0 atom stereocenters. The van der Waals surface area contributed by atoms with E-state index in [1.165, 1.54) is 27.7 Å². The van der Waals surface area contributed by atoms with Crippen molar-refractivity contribution in [3.8, 4) is 0 Å². The first-order valence-corrected chi connectivity index (χ1v) is 5.76. The lowest BCUT2D eigenvalue weighted by Crippen LogP contribution is -2.57. The molecular weight excluding hydrogens is 278 g/mol. The normalized spacial score (nSPS) is 12.4. The van der Waals surface area contributed by atoms with Crippen LogP contribution < -0.4 is 5.32 Å². The molecule has 3 nitrogen and oxygen atoms in total. The first-order valence-electron chi connectivity index (χ1n) is 5.76. The molecule has 0 heterocycles. The SMILES string of the molecule is CC(C)(O)C(C)(C)NC(=O)c1cc(F)c(F)c(F)c1F. The molecule has 1 rings (SSSR count). The van der Waals surface area contributed by atoms with Gasteiger partial charge in [-0.1, -0.05) is 0 Å². The van der Waals surface area contributed by atoms with E-state index < -0.39 is 45.9 Å². The second-order valence-electron chi connectivity index (χ2n) is 5.49. The van der Waals surface area contributed by atoms with Crippen LogP contribution in [-0.4, -0.2) is 22.2 Å². The summed E-state index contributed by atoms with van der Waals surface area (Å²) in [6.07, 6.45) is 0. The third-order valence-corrected chi connectivity index (χ3v) is 3.30. The van der Waals surface area contributed by atoms with Crippen molar-refractivity contribution in [1.82, 2.24) is 5.32 Å². The summed E-state index contributed by atoms with van der Waals surface area (Å²) in [7, 11) is 0. The minimum Gasteiger partial charge on any atom is -0.388 e. The monoisotopic (exact) mass is 293 g/mol. The van der Waals surface area contributed by atoms with Gasteiger partial charge in [0.1, 0.15) is 0 Å². The Balaban J connectivity index is 3.18. The second kappa shape index (κ2) is 5.05. The van der Waals surface area contributed by atoms with Gasteiger partial charge in [-0.25, -0.2) is 17.6 Å². The summed E-state index contributed by atoms with van der Waals surface area (Å²) in [5.41, 5.74) is -3.56. The molecule has 0 aliphatic carbocycles. The molecule has 1 amide bonds. The molecule has 0 aliphatic heterocycles. The fourth-order valence-corrected chi connectivity index (χ4v) is 1.24. The maximum atomic E-state index is 13.5. The molecule has 0 radical (unpaired) electrons. The van der Waals surface area contributed by atoms with E-state index in [4.69, 9.17) is 0 Å². The summed E-state index contributed by atoms with van der Waals surface area (Å²) in [5, 5.41) is 12.1. The van der Waals surface area contributed by atoms with Crippen molar-refractivity contribution in [3.63, 3.8) is 0 Å². The summed E-state index contributed by atoms with van der Waals surface area (Å²) in [6.45, 7) is 5.68.